The summed E-state index contributed by atoms with van der Waals surface area (Å²) in [6, 6.07) is 0. The Morgan fingerprint density at radius 1 is 1.17 bits per heavy atom. The van der Waals surface area contributed by atoms with Gasteiger partial charge in [-0.2, -0.15) is 0 Å². The molecule has 0 aromatic heterocycles. The van der Waals surface area contributed by atoms with Crippen molar-refractivity contribution in [2.45, 2.75) is 6.42 Å². The van der Waals surface area contributed by atoms with E-state index in [0.29, 0.717) is 0 Å². The van der Waals surface area contributed by atoms with E-state index in [0.717, 1.165) is 17.6 Å². The van der Waals surface area contributed by atoms with Gasteiger partial charge in [-0.05, 0) is 29.8 Å². The van der Waals surface area contributed by atoms with Gasteiger partial charge < -0.3 is 5.32 Å². The maximum Gasteiger partial charge on any atom is 0.000430 e. The Bertz CT molecular complexity index is 267. The fraction of sp³-hybridized carbons (Fsp3) is 0.0909. The summed E-state index contributed by atoms with van der Waals surface area (Å²) in [5.41, 5.74) is 2.05. The van der Waals surface area contributed by atoms with Gasteiger partial charge in [-0.15, -0.1) is 0 Å². The van der Waals surface area contributed by atoms with Gasteiger partial charge in [-0.3, -0.25) is 0 Å². The fourth-order valence-corrected chi connectivity index (χ4v) is 0.857. The molecule has 0 radical (unpaired) electrons. The van der Waals surface area contributed by atoms with Crippen LogP contribution in [0.4, 0.5) is 0 Å². The first kappa shape index (κ1) is 8.60. The van der Waals surface area contributed by atoms with Crippen LogP contribution in [0.5, 0.6) is 0 Å². The Balaban J connectivity index is 2.75. The molecule has 12 heavy (non-hydrogen) atoms. The van der Waals surface area contributed by atoms with Crippen LogP contribution >= 0.6 is 0 Å². The molecular weight excluding hydrogens is 146 g/mol. The first-order valence-corrected chi connectivity index (χ1v) is 3.92. The highest BCUT2D eigenvalue weighted by atomic mass is 14.8. The van der Waals surface area contributed by atoms with Crippen molar-refractivity contribution in [3.63, 3.8) is 0 Å². The Morgan fingerprint density at radius 2 is 2.00 bits per heavy atom. The first-order chi connectivity index (χ1) is 5.80. The smallest absolute Gasteiger partial charge is 0.000430 e. The molecule has 0 amide bonds. The molecule has 62 valence electrons. The van der Waals surface area contributed by atoms with Crippen LogP contribution in [-0.2, 0) is 0 Å². The third kappa shape index (κ3) is 2.62. The molecule has 1 heteroatoms. The van der Waals surface area contributed by atoms with Crippen LogP contribution in [0.15, 0.2) is 61.0 Å². The zero-order chi connectivity index (χ0) is 8.81. The molecule has 0 aromatic rings. The van der Waals surface area contributed by atoms with E-state index in [1.54, 1.807) is 0 Å². The first-order valence-electron chi connectivity index (χ1n) is 3.92. The summed E-state index contributed by atoms with van der Waals surface area (Å²) in [7, 11) is 0. The quantitative estimate of drug-likeness (QED) is 0.573. The molecule has 0 aromatic carbocycles. The number of hydrogen-bond acceptors (Lipinski definition) is 1. The van der Waals surface area contributed by atoms with Crippen molar-refractivity contribution in [2.24, 2.45) is 0 Å². The molecule has 0 bridgehead atoms. The molecule has 0 saturated carbocycles. The normalized spacial score (nSPS) is 25.7. The summed E-state index contributed by atoms with van der Waals surface area (Å²) in [6.07, 6.45) is 12.5. The lowest BCUT2D eigenvalue weighted by molar-refractivity contribution is 1.15. The van der Waals surface area contributed by atoms with Gasteiger partial charge in [0.1, 0.15) is 0 Å². The van der Waals surface area contributed by atoms with Gasteiger partial charge in [-0.1, -0.05) is 31.4 Å². The summed E-state index contributed by atoms with van der Waals surface area (Å²) in [5.74, 6) is 0. The van der Waals surface area contributed by atoms with E-state index in [1.807, 2.05) is 36.7 Å². The average molecular weight is 159 g/mol. The molecule has 1 N–H and O–H groups in total. The van der Waals surface area contributed by atoms with E-state index < -0.39 is 0 Å². The van der Waals surface area contributed by atoms with Gasteiger partial charge in [0.05, 0.1) is 0 Å². The van der Waals surface area contributed by atoms with Crippen molar-refractivity contribution >= 4 is 0 Å². The maximum atomic E-state index is 3.92. The molecule has 0 spiro atoms. The third-order valence-electron chi connectivity index (χ3n) is 1.63. The van der Waals surface area contributed by atoms with Crippen molar-refractivity contribution < 1.29 is 0 Å². The zero-order valence-electron chi connectivity index (χ0n) is 7.09. The van der Waals surface area contributed by atoms with Crippen LogP contribution in [0, 0.1) is 0 Å². The molecule has 0 unspecified atom stereocenters. The highest BCUT2D eigenvalue weighted by Gasteiger charge is 1.93. The lowest BCUT2D eigenvalue weighted by Crippen LogP contribution is -1.92. The molecule has 0 fully saturated rings. The van der Waals surface area contributed by atoms with E-state index in [2.05, 4.69) is 18.5 Å². The van der Waals surface area contributed by atoms with Gasteiger partial charge in [-0.25, -0.2) is 0 Å². The molecule has 1 aliphatic rings. The van der Waals surface area contributed by atoms with Crippen LogP contribution < -0.4 is 5.32 Å². The van der Waals surface area contributed by atoms with Crippen LogP contribution in [0.2, 0.25) is 0 Å². The van der Waals surface area contributed by atoms with Crippen LogP contribution in [0.25, 0.3) is 0 Å². The summed E-state index contributed by atoms with van der Waals surface area (Å²) >= 11 is 0. The van der Waals surface area contributed by atoms with Crippen LogP contribution in [0.3, 0.4) is 0 Å². The van der Waals surface area contributed by atoms with Crippen molar-refractivity contribution in [2.75, 3.05) is 0 Å². The van der Waals surface area contributed by atoms with Crippen molar-refractivity contribution in [3.05, 3.63) is 61.0 Å². The predicted octanol–water partition coefficient (Wildman–Crippen LogP) is 2.68. The minimum Gasteiger partial charge on any atom is -0.368 e. The number of hydrogen-bond donors (Lipinski definition) is 1. The second-order valence-electron chi connectivity index (χ2n) is 2.62. The molecule has 1 heterocycles. The summed E-state index contributed by atoms with van der Waals surface area (Å²) in [5, 5.41) is 3.01. The van der Waals surface area contributed by atoms with Crippen molar-refractivity contribution in [3.8, 4) is 0 Å². The maximum absolute atomic E-state index is 3.92. The van der Waals surface area contributed by atoms with Crippen molar-refractivity contribution in [1.29, 1.82) is 0 Å². The SMILES string of the molecule is C=C1/C=C\C=C/N/C=C\CC1=C. The van der Waals surface area contributed by atoms with Gasteiger partial charge in [0.2, 0.25) is 0 Å². The van der Waals surface area contributed by atoms with Gasteiger partial charge in [0.15, 0.2) is 0 Å². The van der Waals surface area contributed by atoms with E-state index in [1.165, 1.54) is 0 Å². The molecular formula is C11H13N. The Kier molecular flexibility index (Phi) is 3.15. The van der Waals surface area contributed by atoms with Gasteiger partial charge in [0.25, 0.3) is 0 Å². The molecule has 0 saturated heterocycles. The molecule has 1 rings (SSSR count). The van der Waals surface area contributed by atoms with E-state index in [4.69, 9.17) is 0 Å². The lowest BCUT2D eigenvalue weighted by atomic mass is 10.1. The minimum atomic E-state index is 0.851. The van der Waals surface area contributed by atoms with E-state index >= 15 is 0 Å². The largest absolute Gasteiger partial charge is 0.368 e. The molecule has 0 atom stereocenters. The Hall–Kier alpha value is -1.50. The van der Waals surface area contributed by atoms with Gasteiger partial charge in [0, 0.05) is 6.20 Å². The highest BCUT2D eigenvalue weighted by Crippen LogP contribution is 2.11. The fourth-order valence-electron chi connectivity index (χ4n) is 0.857. The Morgan fingerprint density at radius 3 is 2.83 bits per heavy atom. The van der Waals surface area contributed by atoms with Crippen LogP contribution in [-0.4, -0.2) is 0 Å². The van der Waals surface area contributed by atoms with E-state index in [-0.39, 0.29) is 0 Å². The number of rotatable bonds is 0. The zero-order valence-corrected chi connectivity index (χ0v) is 7.09. The minimum absolute atomic E-state index is 0.851. The molecule has 0 aliphatic carbocycles. The van der Waals surface area contributed by atoms with Crippen LogP contribution in [0.1, 0.15) is 6.42 Å². The van der Waals surface area contributed by atoms with E-state index in [9.17, 15) is 0 Å². The van der Waals surface area contributed by atoms with Gasteiger partial charge >= 0.3 is 0 Å². The third-order valence-corrected chi connectivity index (χ3v) is 1.63. The standard InChI is InChI=1S/C11H13N/c1-10-6-3-4-8-12-9-5-7-11(10)2/h3-6,8-9,12H,1-2,7H2/b6-3-,8-4-,9-5-. The molecule has 1 aliphatic heterocycles. The lowest BCUT2D eigenvalue weighted by Gasteiger charge is -2.01. The highest BCUT2D eigenvalue weighted by molar-refractivity contribution is 5.37. The topological polar surface area (TPSA) is 12.0 Å². The second-order valence-corrected chi connectivity index (χ2v) is 2.62. The van der Waals surface area contributed by atoms with Crippen molar-refractivity contribution in [1.82, 2.24) is 5.32 Å². The predicted molar refractivity (Wildman–Crippen MR) is 53.5 cm³/mol. The average Bonchev–Trinajstić information content (AvgIpc) is 2.08. The number of allylic oxidation sites excluding steroid dienone is 6. The molecule has 1 nitrogen and oxygen atoms in total. The summed E-state index contributed by atoms with van der Waals surface area (Å²) < 4.78 is 0. The second kappa shape index (κ2) is 4.39. The Labute approximate surface area is 73.5 Å². The summed E-state index contributed by atoms with van der Waals surface area (Å²) in [4.78, 5) is 0. The summed E-state index contributed by atoms with van der Waals surface area (Å²) in [6.45, 7) is 7.81. The number of nitrogens with one attached hydrogen (secondary N) is 1. The monoisotopic (exact) mass is 159 g/mol.